The van der Waals surface area contributed by atoms with E-state index in [4.69, 9.17) is 4.42 Å². The Morgan fingerprint density at radius 2 is 1.91 bits per heavy atom. The van der Waals surface area contributed by atoms with Crippen molar-refractivity contribution < 1.29 is 14.0 Å². The van der Waals surface area contributed by atoms with E-state index >= 15 is 0 Å². The molecular weight excluding hydrogens is 404 g/mol. The third-order valence-electron chi connectivity index (χ3n) is 5.32. The smallest absolute Gasteiger partial charge is 0.242 e. The number of fused-ring (bicyclic) bond motifs is 1. The van der Waals surface area contributed by atoms with Crippen LogP contribution in [0, 0.1) is 6.92 Å². The number of carbonyl (C=O) groups excluding carboxylic acids is 2. The first-order valence-electron chi connectivity index (χ1n) is 10.6. The molecule has 0 aliphatic carbocycles. The zero-order valence-corrected chi connectivity index (χ0v) is 18.1. The van der Waals surface area contributed by atoms with Crippen molar-refractivity contribution in [3.8, 4) is 11.5 Å². The fraction of sp³-hybridized carbons (Fsp3) is 0.240. The predicted molar refractivity (Wildman–Crippen MR) is 123 cm³/mol. The molecule has 4 aromatic rings. The van der Waals surface area contributed by atoms with Gasteiger partial charge in [0.25, 0.3) is 0 Å². The monoisotopic (exact) mass is 430 g/mol. The minimum absolute atomic E-state index is 0.229. The number of aromatic nitrogens is 2. The lowest BCUT2D eigenvalue weighted by molar-refractivity contribution is -0.128. The largest absolute Gasteiger partial charge is 0.444 e. The Balaban J connectivity index is 1.36. The molecule has 0 aliphatic heterocycles. The van der Waals surface area contributed by atoms with Crippen molar-refractivity contribution in [2.24, 2.45) is 0 Å². The highest BCUT2D eigenvalue weighted by Crippen LogP contribution is 2.20. The number of rotatable bonds is 8. The zero-order chi connectivity index (χ0) is 22.5. The van der Waals surface area contributed by atoms with Crippen LogP contribution in [-0.4, -0.2) is 34.4 Å². The average molecular weight is 431 g/mol. The molecule has 1 atom stereocenters. The minimum atomic E-state index is -0.660. The second-order valence-corrected chi connectivity index (χ2v) is 7.87. The molecule has 1 unspecified atom stereocenters. The molecule has 0 radical (unpaired) electrons. The van der Waals surface area contributed by atoms with E-state index in [0.29, 0.717) is 25.3 Å². The van der Waals surface area contributed by atoms with Crippen LogP contribution < -0.4 is 10.6 Å². The molecule has 0 bridgehead atoms. The van der Waals surface area contributed by atoms with Gasteiger partial charge < -0.3 is 20.0 Å². The number of nitrogens with zero attached hydrogens (tertiary/aromatic N) is 1. The number of benzene rings is 2. The van der Waals surface area contributed by atoms with Crippen LogP contribution >= 0.6 is 0 Å². The van der Waals surface area contributed by atoms with Crippen LogP contribution in [0.15, 0.2) is 65.4 Å². The van der Waals surface area contributed by atoms with Gasteiger partial charge in [0.05, 0.1) is 5.69 Å². The highest BCUT2D eigenvalue weighted by Gasteiger charge is 2.21. The van der Waals surface area contributed by atoms with E-state index in [0.717, 1.165) is 27.7 Å². The number of hydrogen-bond acceptors (Lipinski definition) is 4. The van der Waals surface area contributed by atoms with Gasteiger partial charge in [0, 0.05) is 49.0 Å². The normalized spacial score (nSPS) is 11.9. The second-order valence-electron chi connectivity index (χ2n) is 7.87. The molecule has 7 nitrogen and oxygen atoms in total. The lowest BCUT2D eigenvalue weighted by atomic mass is 10.0. The van der Waals surface area contributed by atoms with Crippen LogP contribution in [0.4, 0.5) is 0 Å². The Hall–Kier alpha value is -3.87. The number of nitrogens with one attached hydrogen (secondary N) is 3. The van der Waals surface area contributed by atoms with E-state index < -0.39 is 6.04 Å². The zero-order valence-electron chi connectivity index (χ0n) is 18.1. The maximum absolute atomic E-state index is 12.8. The van der Waals surface area contributed by atoms with Crippen LogP contribution in [-0.2, 0) is 22.4 Å². The quantitative estimate of drug-likeness (QED) is 0.398. The average Bonchev–Trinajstić information content (AvgIpc) is 3.41. The van der Waals surface area contributed by atoms with E-state index in [9.17, 15) is 9.59 Å². The fourth-order valence-electron chi connectivity index (χ4n) is 3.66. The molecule has 2 aromatic heterocycles. The van der Waals surface area contributed by atoms with E-state index in [1.165, 1.54) is 12.5 Å². The Morgan fingerprint density at radius 1 is 1.12 bits per heavy atom. The van der Waals surface area contributed by atoms with Gasteiger partial charge in [-0.3, -0.25) is 9.59 Å². The standard InChI is InChI=1S/C25H26N4O3/c1-16-7-9-18(10-8-16)25-29-20(15-32-25)11-12-26-24(31)23(28-17(2)30)13-19-14-27-22-6-4-3-5-21(19)22/h3-10,14-15,23,27H,11-13H2,1-2H3,(H,26,31)(H,28,30). The number of H-pyrrole nitrogens is 1. The predicted octanol–water partition coefficient (Wildman–Crippen LogP) is 3.54. The van der Waals surface area contributed by atoms with Crippen LogP contribution in [0.2, 0.25) is 0 Å². The first kappa shape index (κ1) is 21.4. The first-order valence-corrected chi connectivity index (χ1v) is 10.6. The van der Waals surface area contributed by atoms with Crippen molar-refractivity contribution in [1.82, 2.24) is 20.6 Å². The molecule has 3 N–H and O–H groups in total. The third kappa shape index (κ3) is 5.06. The molecule has 4 rings (SSSR count). The van der Waals surface area contributed by atoms with Gasteiger partial charge in [0.15, 0.2) is 0 Å². The van der Waals surface area contributed by atoms with Gasteiger partial charge in [-0.25, -0.2) is 4.98 Å². The van der Waals surface area contributed by atoms with Crippen molar-refractivity contribution in [3.05, 3.63) is 77.8 Å². The molecule has 164 valence electrons. The first-order chi connectivity index (χ1) is 15.5. The Morgan fingerprint density at radius 3 is 2.69 bits per heavy atom. The SMILES string of the molecule is CC(=O)NC(Cc1c[nH]c2ccccc12)C(=O)NCCc1coc(-c2ccc(C)cc2)n1. The van der Waals surface area contributed by atoms with Crippen LogP contribution in [0.5, 0.6) is 0 Å². The number of carbonyl (C=O) groups is 2. The maximum Gasteiger partial charge on any atom is 0.242 e. The molecule has 0 spiro atoms. The third-order valence-corrected chi connectivity index (χ3v) is 5.32. The van der Waals surface area contributed by atoms with Crippen molar-refractivity contribution in [1.29, 1.82) is 0 Å². The summed E-state index contributed by atoms with van der Waals surface area (Å²) < 4.78 is 5.57. The van der Waals surface area contributed by atoms with E-state index in [-0.39, 0.29) is 11.8 Å². The summed E-state index contributed by atoms with van der Waals surface area (Å²) in [7, 11) is 0. The van der Waals surface area contributed by atoms with Gasteiger partial charge >= 0.3 is 0 Å². The van der Waals surface area contributed by atoms with Gasteiger partial charge in [-0.1, -0.05) is 35.9 Å². The molecule has 0 aliphatic rings. The number of aryl methyl sites for hydroxylation is 1. The van der Waals surface area contributed by atoms with Crippen LogP contribution in [0.25, 0.3) is 22.4 Å². The summed E-state index contributed by atoms with van der Waals surface area (Å²) in [5, 5.41) is 6.71. The maximum atomic E-state index is 12.8. The molecule has 0 fully saturated rings. The summed E-state index contributed by atoms with van der Waals surface area (Å²) >= 11 is 0. The van der Waals surface area contributed by atoms with Gasteiger partial charge in [0.2, 0.25) is 17.7 Å². The Labute approximate surface area is 186 Å². The summed E-state index contributed by atoms with van der Waals surface area (Å²) in [5.41, 5.74) is 4.82. The van der Waals surface area contributed by atoms with Gasteiger partial charge in [-0.2, -0.15) is 0 Å². The second kappa shape index (κ2) is 9.51. The van der Waals surface area contributed by atoms with Crippen molar-refractivity contribution in [2.45, 2.75) is 32.7 Å². The Kier molecular flexibility index (Phi) is 6.35. The van der Waals surface area contributed by atoms with Gasteiger partial charge in [0.1, 0.15) is 12.3 Å². The lowest BCUT2D eigenvalue weighted by Crippen LogP contribution is -2.47. The molecule has 2 aromatic carbocycles. The van der Waals surface area contributed by atoms with Crippen LogP contribution in [0.1, 0.15) is 23.7 Å². The molecule has 0 saturated heterocycles. The van der Waals surface area contributed by atoms with Crippen molar-refractivity contribution in [3.63, 3.8) is 0 Å². The number of para-hydroxylation sites is 1. The highest BCUT2D eigenvalue weighted by molar-refractivity contribution is 5.89. The summed E-state index contributed by atoms with van der Waals surface area (Å²) in [5.74, 6) is 0.0822. The molecule has 2 amide bonds. The summed E-state index contributed by atoms with van der Waals surface area (Å²) in [6, 6.07) is 15.2. The molecule has 0 saturated carbocycles. The van der Waals surface area contributed by atoms with Gasteiger partial charge in [-0.15, -0.1) is 0 Å². The van der Waals surface area contributed by atoms with Crippen molar-refractivity contribution in [2.75, 3.05) is 6.54 Å². The number of aromatic amines is 1. The topological polar surface area (TPSA) is 100 Å². The summed E-state index contributed by atoms with van der Waals surface area (Å²) in [6.45, 7) is 3.83. The van der Waals surface area contributed by atoms with Crippen molar-refractivity contribution >= 4 is 22.7 Å². The van der Waals surface area contributed by atoms with E-state index in [2.05, 4.69) is 20.6 Å². The van der Waals surface area contributed by atoms with Gasteiger partial charge in [-0.05, 0) is 30.7 Å². The highest BCUT2D eigenvalue weighted by atomic mass is 16.3. The number of amides is 2. The minimum Gasteiger partial charge on any atom is -0.444 e. The van der Waals surface area contributed by atoms with E-state index in [1.807, 2.05) is 61.7 Å². The summed E-state index contributed by atoms with van der Waals surface area (Å²) in [4.78, 5) is 32.2. The fourth-order valence-corrected chi connectivity index (χ4v) is 3.66. The number of oxazole rings is 1. The molecular formula is C25H26N4O3. The van der Waals surface area contributed by atoms with E-state index in [1.54, 1.807) is 6.26 Å². The van der Waals surface area contributed by atoms with Crippen LogP contribution in [0.3, 0.4) is 0 Å². The molecule has 32 heavy (non-hydrogen) atoms. The summed E-state index contributed by atoms with van der Waals surface area (Å²) in [6.07, 6.45) is 4.42. The lowest BCUT2D eigenvalue weighted by Gasteiger charge is -2.17. The molecule has 2 heterocycles. The Bertz CT molecular complexity index is 1220. The molecule has 7 heteroatoms. The number of hydrogen-bond donors (Lipinski definition) is 3.